The Morgan fingerprint density at radius 1 is 0.737 bits per heavy atom. The van der Waals surface area contributed by atoms with Crippen LogP contribution in [0, 0.1) is 29.6 Å². The van der Waals surface area contributed by atoms with Crippen molar-refractivity contribution in [2.24, 2.45) is 35.3 Å². The highest BCUT2D eigenvalue weighted by Crippen LogP contribution is 2.43. The molecule has 0 radical (unpaired) electrons. The van der Waals surface area contributed by atoms with E-state index in [2.05, 4.69) is 41.9 Å². The molecule has 3 aliphatic heterocycles. The van der Waals surface area contributed by atoms with Gasteiger partial charge in [-0.2, -0.15) is 0 Å². The molecule has 12 amide bonds. The van der Waals surface area contributed by atoms with E-state index >= 15 is 0 Å². The predicted octanol–water partition coefficient (Wildman–Crippen LogP) is 5.63. The molecule has 4 aliphatic rings. The van der Waals surface area contributed by atoms with Crippen LogP contribution in [0.5, 0.6) is 0 Å². The van der Waals surface area contributed by atoms with Gasteiger partial charge in [-0.05, 0) is 117 Å². The van der Waals surface area contributed by atoms with Gasteiger partial charge < -0.3 is 61.6 Å². The number of urea groups is 1. The van der Waals surface area contributed by atoms with Gasteiger partial charge >= 0.3 is 12.1 Å². The summed E-state index contributed by atoms with van der Waals surface area (Å²) in [5.74, 6) is -4.94. The number of unbranched alkanes of at least 4 members (excludes halogenated alkanes) is 2. The number of primary amides is 1. The van der Waals surface area contributed by atoms with Crippen LogP contribution in [0.4, 0.5) is 15.3 Å². The van der Waals surface area contributed by atoms with E-state index in [0.717, 1.165) is 10.5 Å². The number of carbonyl (C=O) groups excluding carboxylic acids is 11. The Morgan fingerprint density at radius 2 is 1.42 bits per heavy atom. The number of hydrogen-bond donors (Lipinski definition) is 7. The smallest absolute Gasteiger partial charge is 0.411 e. The number of fused-ring (bicyclic) bond motifs is 2. The lowest BCUT2D eigenvalue weighted by molar-refractivity contribution is -0.148. The van der Waals surface area contributed by atoms with Gasteiger partial charge in [-0.3, -0.25) is 53.0 Å². The van der Waals surface area contributed by atoms with E-state index in [1.807, 2.05) is 58.0 Å². The van der Waals surface area contributed by atoms with Gasteiger partial charge in [0.15, 0.2) is 5.82 Å². The minimum atomic E-state index is -1.11. The zero-order valence-corrected chi connectivity index (χ0v) is 58.9. The highest BCUT2D eigenvalue weighted by Gasteiger charge is 2.53. The second-order valence-electron chi connectivity index (χ2n) is 27.3. The molecular formula is C72H103N13O14. The SMILES string of the molecule is CC[C@H](C)[C@@H]([C@@H](CC(=O)N1CCC[C@H]1[C@H](OC)[C@@H](C)C(=O)N[C@H](Cc1ccccc1)c1ncccn1)OC)N(C)C(=O)[C@@H](NC(=O)C1[C@H]2CC[C@H](C2)N1C(=O)OCc1ccc(NC(=O)[C@H](CCCNC(N)=O)NC(=O)[C@@H](NC(=O)CCCCCN2C(=O)C=CC2=O)C(C)C)cc1)C(C)C. The zero-order chi connectivity index (χ0) is 72.0. The molecule has 0 spiro atoms. The van der Waals surface area contributed by atoms with Crippen molar-refractivity contribution in [2.45, 2.75) is 206 Å². The Balaban J connectivity index is 0.937. The highest BCUT2D eigenvalue weighted by molar-refractivity contribution is 6.12. The Hall–Kier alpha value is -8.85. The largest absolute Gasteiger partial charge is 0.445 e. The molecule has 4 heterocycles. The number of piperidine rings is 1. The zero-order valence-electron chi connectivity index (χ0n) is 58.9. The van der Waals surface area contributed by atoms with Crippen molar-refractivity contribution in [3.63, 3.8) is 0 Å². The first-order chi connectivity index (χ1) is 47.3. The molecule has 1 aromatic heterocycles. The molecule has 1 aliphatic carbocycles. The lowest BCUT2D eigenvalue weighted by Crippen LogP contribution is -2.60. The molecule has 540 valence electrons. The third-order valence-electron chi connectivity index (χ3n) is 19.7. The normalized spacial score (nSPS) is 19.9. The third-order valence-corrected chi connectivity index (χ3v) is 19.7. The minimum Gasteiger partial charge on any atom is -0.445 e. The fraction of sp³-hybridized carbons (Fsp3) is 0.597. The molecule has 2 saturated heterocycles. The number of nitrogens with zero attached hydrogens (tertiary/aromatic N) is 6. The van der Waals surface area contributed by atoms with Crippen LogP contribution in [0.25, 0.3) is 0 Å². The molecular weight excluding hydrogens is 1270 g/mol. The van der Waals surface area contributed by atoms with Crippen molar-refractivity contribution in [2.75, 3.05) is 46.2 Å². The number of likely N-dealkylation sites (N-methyl/N-ethyl adjacent to an activating group) is 1. The first-order valence-corrected chi connectivity index (χ1v) is 34.9. The monoisotopic (exact) mass is 1370 g/mol. The quantitative estimate of drug-likeness (QED) is 0.0272. The van der Waals surface area contributed by atoms with E-state index in [9.17, 15) is 52.7 Å². The van der Waals surface area contributed by atoms with E-state index in [0.29, 0.717) is 87.8 Å². The van der Waals surface area contributed by atoms with Gasteiger partial charge in [0.05, 0.1) is 42.7 Å². The van der Waals surface area contributed by atoms with Crippen molar-refractivity contribution in [1.82, 2.24) is 56.2 Å². The standard InChI is InChI=1S/C72H103N13O14/c1-11-45(6)62(55(97-9)41-59(89)83-38-19-24-54(83)64(98-10)46(7)66(90)79-53(65-74-35-20-36-75-65)39-47-21-14-12-15-22-47)82(8)70(94)61(44(4)5)81-69(93)63-49-28-31-51(40-49)85(63)72(96)99-42-48-26-29-50(30-27-48)77-67(91)52(23-18-34-76-71(73)95)78-68(92)60(43(2)3)80-56(86)25-16-13-17-37-84-57(87)32-33-58(84)88/h12,14-15,20-22,26-27,29-30,32-33,35-36,43-46,49,51-55,60-64H,11,13,16-19,23-25,28,31,34,37-42H2,1-10H3,(H,77,91)(H,78,92)(H,79,90)(H,80,86)(H,81,93)(H3,73,76,95)/t45-,46+,49-,51+,52-,53+,54-,55+,60-,61-,62-,63?,64+/m0/s1. The number of methoxy groups -OCH3 is 2. The lowest BCUT2D eigenvalue weighted by Gasteiger charge is -2.41. The molecule has 8 N–H and O–H groups in total. The summed E-state index contributed by atoms with van der Waals surface area (Å²) in [6.45, 7) is 13.6. The van der Waals surface area contributed by atoms with Crippen LogP contribution in [-0.2, 0) is 70.4 Å². The summed E-state index contributed by atoms with van der Waals surface area (Å²) >= 11 is 0. The topological polar surface area (TPSA) is 352 Å². The molecule has 3 fully saturated rings. The second-order valence-corrected chi connectivity index (χ2v) is 27.3. The molecule has 13 atom stereocenters. The number of carbonyl (C=O) groups is 11. The molecule has 3 aromatic rings. The number of anilines is 1. The number of hydrogen-bond acceptors (Lipinski definition) is 16. The van der Waals surface area contributed by atoms with Gasteiger partial charge in [0.2, 0.25) is 41.4 Å². The fourth-order valence-corrected chi connectivity index (χ4v) is 14.1. The van der Waals surface area contributed by atoms with E-state index < -0.39 is 96.2 Å². The maximum atomic E-state index is 15.0. The maximum Gasteiger partial charge on any atom is 0.411 e. The van der Waals surface area contributed by atoms with Crippen molar-refractivity contribution in [3.05, 3.63) is 102 Å². The number of likely N-dealkylation sites (tertiary alicyclic amines) is 2. The summed E-state index contributed by atoms with van der Waals surface area (Å²) in [4.78, 5) is 163. The molecule has 27 heteroatoms. The number of nitrogens with two attached hydrogens (primary N) is 1. The van der Waals surface area contributed by atoms with Crippen molar-refractivity contribution in [3.8, 4) is 0 Å². The fourth-order valence-electron chi connectivity index (χ4n) is 14.1. The van der Waals surface area contributed by atoms with Crippen LogP contribution in [0.1, 0.15) is 155 Å². The summed E-state index contributed by atoms with van der Waals surface area (Å²) in [5, 5.41) is 17.1. The van der Waals surface area contributed by atoms with E-state index in [1.165, 1.54) is 24.2 Å². The van der Waals surface area contributed by atoms with Gasteiger partial charge in [-0.25, -0.2) is 19.6 Å². The van der Waals surface area contributed by atoms with Crippen LogP contribution >= 0.6 is 0 Å². The van der Waals surface area contributed by atoms with Crippen molar-refractivity contribution >= 4 is 71.0 Å². The van der Waals surface area contributed by atoms with Crippen LogP contribution in [0.2, 0.25) is 0 Å². The summed E-state index contributed by atoms with van der Waals surface area (Å²) in [6, 6.07) is 11.4. The van der Waals surface area contributed by atoms with Gasteiger partial charge in [-0.15, -0.1) is 0 Å². The summed E-state index contributed by atoms with van der Waals surface area (Å²) in [6.07, 6.45) is 9.84. The molecule has 2 bridgehead atoms. The maximum absolute atomic E-state index is 15.0. The number of imide groups is 1. The molecule has 27 nitrogen and oxygen atoms in total. The van der Waals surface area contributed by atoms with Crippen LogP contribution in [0.3, 0.4) is 0 Å². The first kappa shape index (κ1) is 77.5. The highest BCUT2D eigenvalue weighted by atomic mass is 16.6. The first-order valence-electron chi connectivity index (χ1n) is 34.9. The second kappa shape index (κ2) is 37.4. The summed E-state index contributed by atoms with van der Waals surface area (Å²) in [7, 11) is 4.74. The Morgan fingerprint density at radius 3 is 2.06 bits per heavy atom. The van der Waals surface area contributed by atoms with E-state index in [4.69, 9.17) is 19.9 Å². The molecule has 2 aromatic carbocycles. The predicted molar refractivity (Wildman–Crippen MR) is 368 cm³/mol. The summed E-state index contributed by atoms with van der Waals surface area (Å²) < 4.78 is 18.1. The Kier molecular flexibility index (Phi) is 29.3. The minimum absolute atomic E-state index is 0.0745. The van der Waals surface area contributed by atoms with Gasteiger partial charge in [0, 0.05) is 83.6 Å². The van der Waals surface area contributed by atoms with E-state index in [1.54, 1.807) is 87.5 Å². The molecule has 7 rings (SSSR count). The average molecular weight is 1370 g/mol. The Bertz CT molecular complexity index is 3270. The third kappa shape index (κ3) is 21.1. The van der Waals surface area contributed by atoms with Gasteiger partial charge in [-0.1, -0.05) is 104 Å². The average Bonchev–Trinajstić information content (AvgIpc) is 1.62. The van der Waals surface area contributed by atoms with Gasteiger partial charge in [0.25, 0.3) is 11.8 Å². The summed E-state index contributed by atoms with van der Waals surface area (Å²) in [5.41, 5.74) is 7.18. The van der Waals surface area contributed by atoms with Gasteiger partial charge in [0.1, 0.15) is 30.8 Å². The molecule has 1 unspecified atom stereocenters. The number of nitrogens with one attached hydrogen (secondary N) is 6. The van der Waals surface area contributed by atoms with Crippen LogP contribution in [0.15, 0.2) is 85.2 Å². The van der Waals surface area contributed by atoms with Crippen LogP contribution in [-0.4, -0.2) is 190 Å². The van der Waals surface area contributed by atoms with Crippen molar-refractivity contribution < 1.29 is 67.0 Å². The molecule has 1 saturated carbocycles. The number of benzene rings is 2. The number of ether oxygens (including phenoxy) is 3. The van der Waals surface area contributed by atoms with Crippen molar-refractivity contribution in [1.29, 1.82) is 0 Å². The number of rotatable bonds is 37. The Labute approximate surface area is 581 Å². The molecule has 99 heavy (non-hydrogen) atoms. The van der Waals surface area contributed by atoms with Crippen LogP contribution < -0.4 is 37.6 Å². The lowest BCUT2D eigenvalue weighted by atomic mass is 9.89. The van der Waals surface area contributed by atoms with E-state index in [-0.39, 0.29) is 105 Å². The number of aromatic nitrogens is 2. The number of amides is 12.